The largest absolute Gasteiger partial charge is 0.493 e. The monoisotopic (exact) mass is 420 g/mol. The molecule has 8 nitrogen and oxygen atoms in total. The summed E-state index contributed by atoms with van der Waals surface area (Å²) in [6.45, 7) is 1.74. The van der Waals surface area contributed by atoms with Gasteiger partial charge in [0.15, 0.2) is 17.6 Å². The van der Waals surface area contributed by atoms with Gasteiger partial charge in [-0.05, 0) is 30.7 Å². The second kappa shape index (κ2) is 8.89. The first-order chi connectivity index (χ1) is 14.0. The lowest BCUT2D eigenvalue weighted by Crippen LogP contribution is -2.36. The molecule has 10 heteroatoms. The van der Waals surface area contributed by atoms with Crippen molar-refractivity contribution in [2.75, 3.05) is 12.4 Å². The molecule has 1 unspecified atom stereocenters. The molecule has 1 aromatic heterocycles. The van der Waals surface area contributed by atoms with Crippen molar-refractivity contribution < 1.29 is 23.9 Å². The molecule has 0 aliphatic carbocycles. The number of hydrogen-bond acceptors (Lipinski definition) is 7. The van der Waals surface area contributed by atoms with Gasteiger partial charge in [-0.1, -0.05) is 18.5 Å². The standard InChI is InChI=1S/C19H18ClFN4O4/c1-3-15(19(26)25-27)29-17-7-11-14(8-16(17)28-2)22-9-23-18(11)24-10-4-5-13(21)12(20)6-10/h4-9,15,27H,3H2,1-2H3,(H,25,26)(H,22,23,24). The number of aromatic nitrogens is 2. The van der Waals surface area contributed by atoms with Gasteiger partial charge < -0.3 is 14.8 Å². The highest BCUT2D eigenvalue weighted by molar-refractivity contribution is 6.31. The van der Waals surface area contributed by atoms with E-state index in [-0.39, 0.29) is 10.8 Å². The van der Waals surface area contributed by atoms with Crippen LogP contribution in [0.2, 0.25) is 5.02 Å². The maximum absolute atomic E-state index is 13.4. The van der Waals surface area contributed by atoms with Crippen LogP contribution in [0.4, 0.5) is 15.9 Å². The van der Waals surface area contributed by atoms with Crippen LogP contribution in [0.25, 0.3) is 10.9 Å². The highest BCUT2D eigenvalue weighted by Gasteiger charge is 2.21. The van der Waals surface area contributed by atoms with E-state index in [0.717, 1.165) is 0 Å². The molecular formula is C19H18ClFN4O4. The lowest BCUT2D eigenvalue weighted by atomic mass is 10.2. The van der Waals surface area contributed by atoms with Crippen molar-refractivity contribution in [1.82, 2.24) is 15.4 Å². The number of anilines is 2. The Bertz CT molecular complexity index is 1050. The van der Waals surface area contributed by atoms with Crippen LogP contribution in [-0.2, 0) is 4.79 Å². The number of ether oxygens (including phenoxy) is 2. The van der Waals surface area contributed by atoms with Gasteiger partial charge in [-0.15, -0.1) is 0 Å². The fourth-order valence-electron chi connectivity index (χ4n) is 2.67. The number of amides is 1. The Balaban J connectivity index is 2.03. The summed E-state index contributed by atoms with van der Waals surface area (Å²) in [6, 6.07) is 7.46. The Morgan fingerprint density at radius 3 is 2.72 bits per heavy atom. The van der Waals surface area contributed by atoms with E-state index in [1.807, 2.05) is 0 Å². The molecule has 0 spiro atoms. The number of rotatable bonds is 7. The molecule has 3 rings (SSSR count). The van der Waals surface area contributed by atoms with Crippen molar-refractivity contribution in [3.63, 3.8) is 0 Å². The van der Waals surface area contributed by atoms with Crippen molar-refractivity contribution in [3.05, 3.63) is 47.5 Å². The van der Waals surface area contributed by atoms with Crippen molar-refractivity contribution in [3.8, 4) is 11.5 Å². The first kappa shape index (κ1) is 20.6. The van der Waals surface area contributed by atoms with Crippen molar-refractivity contribution in [2.24, 2.45) is 0 Å². The SMILES string of the molecule is CCC(Oc1cc2c(Nc3ccc(F)c(Cl)c3)ncnc2cc1OC)C(=O)NO. The molecular weight excluding hydrogens is 403 g/mol. The number of methoxy groups -OCH3 is 1. The number of carbonyl (C=O) groups excluding carboxylic acids is 1. The Morgan fingerprint density at radius 2 is 2.07 bits per heavy atom. The molecule has 0 saturated heterocycles. The topological polar surface area (TPSA) is 106 Å². The Hall–Kier alpha value is -3.17. The van der Waals surface area contributed by atoms with E-state index >= 15 is 0 Å². The zero-order valence-corrected chi connectivity index (χ0v) is 16.3. The number of halogens is 2. The zero-order valence-electron chi connectivity index (χ0n) is 15.6. The molecule has 0 saturated carbocycles. The third kappa shape index (κ3) is 4.47. The van der Waals surface area contributed by atoms with E-state index in [2.05, 4.69) is 15.3 Å². The summed E-state index contributed by atoms with van der Waals surface area (Å²) < 4.78 is 24.5. The van der Waals surface area contributed by atoms with Crippen LogP contribution < -0.4 is 20.3 Å². The van der Waals surface area contributed by atoms with Gasteiger partial charge in [0.2, 0.25) is 0 Å². The molecule has 29 heavy (non-hydrogen) atoms. The molecule has 3 aromatic rings. The molecule has 0 fully saturated rings. The van der Waals surface area contributed by atoms with Gasteiger partial charge in [-0.25, -0.2) is 19.8 Å². The molecule has 0 aliphatic heterocycles. The Labute approximate surface area is 170 Å². The van der Waals surface area contributed by atoms with Crippen LogP contribution in [0.5, 0.6) is 11.5 Å². The Kier molecular flexibility index (Phi) is 6.30. The minimum atomic E-state index is -0.928. The molecule has 152 valence electrons. The Morgan fingerprint density at radius 1 is 1.28 bits per heavy atom. The van der Waals surface area contributed by atoms with Crippen LogP contribution in [-0.4, -0.2) is 34.3 Å². The molecule has 1 heterocycles. The molecule has 2 aromatic carbocycles. The molecule has 0 bridgehead atoms. The normalized spacial score (nSPS) is 11.8. The van der Waals surface area contributed by atoms with E-state index in [0.29, 0.717) is 34.6 Å². The summed E-state index contributed by atoms with van der Waals surface area (Å²) in [7, 11) is 1.46. The minimum absolute atomic E-state index is 0.0279. The number of hydroxylamine groups is 1. The lowest BCUT2D eigenvalue weighted by Gasteiger charge is -2.18. The number of hydrogen-bond donors (Lipinski definition) is 3. The summed E-state index contributed by atoms with van der Waals surface area (Å²) in [6.07, 6.45) is 0.755. The average Bonchev–Trinajstić information content (AvgIpc) is 2.73. The first-order valence-electron chi connectivity index (χ1n) is 8.62. The predicted molar refractivity (Wildman–Crippen MR) is 105 cm³/mol. The van der Waals surface area contributed by atoms with Crippen molar-refractivity contribution in [1.29, 1.82) is 0 Å². The van der Waals surface area contributed by atoms with E-state index in [1.165, 1.54) is 31.6 Å². The molecule has 0 aliphatic rings. The third-order valence-corrected chi connectivity index (χ3v) is 4.44. The maximum Gasteiger partial charge on any atom is 0.284 e. The molecule has 0 radical (unpaired) electrons. The maximum atomic E-state index is 13.4. The minimum Gasteiger partial charge on any atom is -0.493 e. The summed E-state index contributed by atoms with van der Waals surface area (Å²) in [5, 5.41) is 12.5. The molecule has 1 atom stereocenters. The van der Waals surface area contributed by atoms with Crippen LogP contribution >= 0.6 is 11.6 Å². The quantitative estimate of drug-likeness (QED) is 0.394. The van der Waals surface area contributed by atoms with Gasteiger partial charge in [0.1, 0.15) is 18.0 Å². The predicted octanol–water partition coefficient (Wildman–Crippen LogP) is 3.84. The smallest absolute Gasteiger partial charge is 0.284 e. The van der Waals surface area contributed by atoms with E-state index < -0.39 is 17.8 Å². The number of benzene rings is 2. The van der Waals surface area contributed by atoms with Crippen LogP contribution in [0.15, 0.2) is 36.7 Å². The van der Waals surface area contributed by atoms with E-state index in [9.17, 15) is 9.18 Å². The van der Waals surface area contributed by atoms with Crippen LogP contribution in [0.1, 0.15) is 13.3 Å². The highest BCUT2D eigenvalue weighted by Crippen LogP contribution is 2.35. The van der Waals surface area contributed by atoms with Crippen molar-refractivity contribution in [2.45, 2.75) is 19.4 Å². The van der Waals surface area contributed by atoms with Gasteiger partial charge in [-0.3, -0.25) is 10.0 Å². The second-order valence-electron chi connectivity index (χ2n) is 5.99. The van der Waals surface area contributed by atoms with Crippen LogP contribution in [0.3, 0.4) is 0 Å². The second-order valence-corrected chi connectivity index (χ2v) is 6.39. The lowest BCUT2D eigenvalue weighted by molar-refractivity contribution is -0.136. The highest BCUT2D eigenvalue weighted by atomic mass is 35.5. The summed E-state index contributed by atoms with van der Waals surface area (Å²) in [4.78, 5) is 20.2. The van der Waals surface area contributed by atoms with Gasteiger partial charge in [0.25, 0.3) is 5.91 Å². The number of nitrogens with one attached hydrogen (secondary N) is 2. The summed E-state index contributed by atoms with van der Waals surface area (Å²) >= 11 is 5.84. The molecule has 1 amide bonds. The van der Waals surface area contributed by atoms with Crippen molar-refractivity contribution >= 4 is 39.9 Å². The van der Waals surface area contributed by atoms with E-state index in [4.69, 9.17) is 26.3 Å². The number of fused-ring (bicyclic) bond motifs is 1. The molecule has 3 N–H and O–H groups in total. The fraction of sp³-hybridized carbons (Fsp3) is 0.211. The first-order valence-corrected chi connectivity index (χ1v) is 9.00. The third-order valence-electron chi connectivity index (χ3n) is 4.15. The summed E-state index contributed by atoms with van der Waals surface area (Å²) in [5.74, 6) is -0.164. The van der Waals surface area contributed by atoms with Gasteiger partial charge in [0, 0.05) is 17.1 Å². The average molecular weight is 421 g/mol. The van der Waals surface area contributed by atoms with Crippen LogP contribution in [0, 0.1) is 5.82 Å². The zero-order chi connectivity index (χ0) is 21.0. The van der Waals surface area contributed by atoms with E-state index in [1.54, 1.807) is 24.5 Å². The number of nitrogens with zero attached hydrogens (tertiary/aromatic N) is 2. The van der Waals surface area contributed by atoms with Gasteiger partial charge in [0.05, 0.1) is 17.6 Å². The fourth-order valence-corrected chi connectivity index (χ4v) is 2.85. The van der Waals surface area contributed by atoms with Gasteiger partial charge in [-0.2, -0.15) is 0 Å². The summed E-state index contributed by atoms with van der Waals surface area (Å²) in [5.41, 5.74) is 2.66. The van der Waals surface area contributed by atoms with Gasteiger partial charge >= 0.3 is 0 Å². The number of carbonyl (C=O) groups is 1.